The molecule has 24 heavy (non-hydrogen) atoms. The summed E-state index contributed by atoms with van der Waals surface area (Å²) >= 11 is 0. The number of benzene rings is 2. The molecule has 1 amide bonds. The summed E-state index contributed by atoms with van der Waals surface area (Å²) in [5.74, 6) is -0.336. The zero-order chi connectivity index (χ0) is 17.4. The molecule has 128 valence electrons. The third-order valence-corrected chi connectivity index (χ3v) is 5.22. The zero-order valence-corrected chi connectivity index (χ0v) is 14.8. The first-order valence-electron chi connectivity index (χ1n) is 7.91. The van der Waals surface area contributed by atoms with Crippen LogP contribution in [0.15, 0.2) is 60.7 Å². The van der Waals surface area contributed by atoms with Gasteiger partial charge in [0, 0.05) is 11.4 Å². The molecule has 0 heterocycles. The molecule has 0 fully saturated rings. The maximum absolute atomic E-state index is 12.9. The van der Waals surface area contributed by atoms with Crippen LogP contribution in [-0.2, 0) is 18.4 Å². The van der Waals surface area contributed by atoms with E-state index in [1.54, 1.807) is 13.8 Å². The van der Waals surface area contributed by atoms with Crippen molar-refractivity contribution >= 4 is 24.9 Å². The fourth-order valence-corrected chi connectivity index (χ4v) is 3.87. The number of anilines is 2. The van der Waals surface area contributed by atoms with Crippen molar-refractivity contribution in [1.82, 2.24) is 0 Å². The van der Waals surface area contributed by atoms with Gasteiger partial charge >= 0.3 is 7.60 Å². The van der Waals surface area contributed by atoms with E-state index in [4.69, 9.17) is 9.05 Å². The summed E-state index contributed by atoms with van der Waals surface area (Å²) in [4.78, 5) is 14.4. The van der Waals surface area contributed by atoms with Crippen molar-refractivity contribution in [3.05, 3.63) is 60.7 Å². The molecule has 6 heteroatoms. The molecule has 0 N–H and O–H groups in total. The Labute approximate surface area is 142 Å². The van der Waals surface area contributed by atoms with E-state index in [0.29, 0.717) is 11.4 Å². The monoisotopic (exact) mass is 347 g/mol. The van der Waals surface area contributed by atoms with Gasteiger partial charge in [0.2, 0.25) is 5.91 Å². The van der Waals surface area contributed by atoms with Gasteiger partial charge in [-0.1, -0.05) is 36.4 Å². The number of carbonyl (C=O) groups excluding carboxylic acids is 1. The summed E-state index contributed by atoms with van der Waals surface area (Å²) in [5, 5.41) is 0. The number of nitrogens with zero attached hydrogens (tertiary/aromatic N) is 1. The van der Waals surface area contributed by atoms with E-state index in [-0.39, 0.29) is 25.3 Å². The van der Waals surface area contributed by atoms with Crippen LogP contribution in [0.4, 0.5) is 11.4 Å². The summed E-state index contributed by atoms with van der Waals surface area (Å²) in [5.41, 5.74) is 1.40. The third kappa shape index (κ3) is 4.78. The number of rotatable bonds is 8. The molecule has 0 aliphatic heterocycles. The van der Waals surface area contributed by atoms with Gasteiger partial charge in [-0.15, -0.1) is 0 Å². The maximum Gasteiger partial charge on any atom is 0.340 e. The van der Waals surface area contributed by atoms with Crippen LogP contribution in [0.2, 0.25) is 0 Å². The molecule has 0 radical (unpaired) electrons. The highest BCUT2D eigenvalue weighted by atomic mass is 31.2. The molecule has 0 unspecified atom stereocenters. The fraction of sp³-hybridized carbons (Fsp3) is 0.278. The molecule has 2 aromatic rings. The van der Waals surface area contributed by atoms with E-state index >= 15 is 0 Å². The van der Waals surface area contributed by atoms with Crippen LogP contribution in [0.5, 0.6) is 0 Å². The molecule has 2 aromatic carbocycles. The van der Waals surface area contributed by atoms with E-state index in [0.717, 1.165) is 0 Å². The molecule has 0 bridgehead atoms. The average Bonchev–Trinajstić information content (AvgIpc) is 2.57. The molecule has 0 saturated heterocycles. The summed E-state index contributed by atoms with van der Waals surface area (Å²) in [6.45, 7) is 3.90. The van der Waals surface area contributed by atoms with E-state index < -0.39 is 7.60 Å². The number of para-hydroxylation sites is 2. The Morgan fingerprint density at radius 3 is 1.67 bits per heavy atom. The average molecular weight is 347 g/mol. The van der Waals surface area contributed by atoms with Crippen LogP contribution in [0.3, 0.4) is 0 Å². The first-order chi connectivity index (χ1) is 11.6. The number of hydrogen-bond acceptors (Lipinski definition) is 4. The van der Waals surface area contributed by atoms with Crippen LogP contribution in [0, 0.1) is 0 Å². The van der Waals surface area contributed by atoms with Gasteiger partial charge in [-0.25, -0.2) is 0 Å². The minimum Gasteiger partial charge on any atom is -0.309 e. The molecule has 0 atom stereocenters. The Balaban J connectivity index is 2.34. The minimum atomic E-state index is -3.46. The molecule has 0 aliphatic carbocycles. The van der Waals surface area contributed by atoms with Gasteiger partial charge in [0.05, 0.1) is 13.2 Å². The lowest BCUT2D eigenvalue weighted by molar-refractivity contribution is -0.115. The van der Waals surface area contributed by atoms with E-state index in [1.165, 1.54) is 4.90 Å². The van der Waals surface area contributed by atoms with Gasteiger partial charge in [0.25, 0.3) is 0 Å². The van der Waals surface area contributed by atoms with Gasteiger partial charge in [-0.3, -0.25) is 14.3 Å². The summed E-state index contributed by atoms with van der Waals surface area (Å²) in [6, 6.07) is 18.5. The number of carbonyl (C=O) groups is 1. The Bertz CT molecular complexity index is 641. The maximum atomic E-state index is 12.9. The first-order valence-corrected chi connectivity index (χ1v) is 9.63. The Morgan fingerprint density at radius 1 is 0.875 bits per heavy atom. The smallest absolute Gasteiger partial charge is 0.309 e. The topological polar surface area (TPSA) is 55.8 Å². The third-order valence-electron chi connectivity index (χ3n) is 3.26. The van der Waals surface area contributed by atoms with Crippen molar-refractivity contribution in [3.63, 3.8) is 0 Å². The standard InChI is InChI=1S/C18H22NO4P/c1-3-22-24(21,23-4-2)15-18(20)19(16-11-7-5-8-12-16)17-13-9-6-10-14-17/h5-14H,3-4,15H2,1-2H3. The largest absolute Gasteiger partial charge is 0.340 e. The Hall–Kier alpha value is -1.94. The van der Waals surface area contributed by atoms with E-state index in [2.05, 4.69) is 0 Å². The van der Waals surface area contributed by atoms with Crippen molar-refractivity contribution in [3.8, 4) is 0 Å². The summed E-state index contributed by atoms with van der Waals surface area (Å²) in [6.07, 6.45) is -0.307. The Kier molecular flexibility index (Phi) is 6.73. The van der Waals surface area contributed by atoms with E-state index in [9.17, 15) is 9.36 Å². The van der Waals surface area contributed by atoms with Gasteiger partial charge in [-0.05, 0) is 38.1 Å². The lowest BCUT2D eigenvalue weighted by Gasteiger charge is -2.25. The first kappa shape index (κ1) is 18.4. The van der Waals surface area contributed by atoms with Crippen LogP contribution < -0.4 is 4.90 Å². The molecule has 0 spiro atoms. The van der Waals surface area contributed by atoms with Crippen molar-refractivity contribution in [1.29, 1.82) is 0 Å². The Morgan fingerprint density at radius 2 is 1.29 bits per heavy atom. The van der Waals surface area contributed by atoms with Crippen LogP contribution in [-0.4, -0.2) is 25.3 Å². The molecule has 0 aromatic heterocycles. The quantitative estimate of drug-likeness (QED) is 0.654. The minimum absolute atomic E-state index is 0.223. The summed E-state index contributed by atoms with van der Waals surface area (Å²) < 4.78 is 23.2. The fourth-order valence-electron chi connectivity index (χ4n) is 2.35. The molecule has 2 rings (SSSR count). The number of amides is 1. The number of hydrogen-bond donors (Lipinski definition) is 0. The zero-order valence-electron chi connectivity index (χ0n) is 13.9. The van der Waals surface area contributed by atoms with Gasteiger partial charge in [0.15, 0.2) is 0 Å². The predicted octanol–water partition coefficient (Wildman–Crippen LogP) is 4.62. The van der Waals surface area contributed by atoms with Crippen molar-refractivity contribution < 1.29 is 18.4 Å². The molecular weight excluding hydrogens is 325 g/mol. The van der Waals surface area contributed by atoms with Crippen molar-refractivity contribution in [2.45, 2.75) is 13.8 Å². The highest BCUT2D eigenvalue weighted by molar-refractivity contribution is 7.54. The SMILES string of the molecule is CCOP(=O)(CC(=O)N(c1ccccc1)c1ccccc1)OCC. The molecule has 0 saturated carbocycles. The summed E-state index contributed by atoms with van der Waals surface area (Å²) in [7, 11) is -3.46. The lowest BCUT2D eigenvalue weighted by Crippen LogP contribution is -2.29. The highest BCUT2D eigenvalue weighted by Gasteiger charge is 2.31. The van der Waals surface area contributed by atoms with Crippen molar-refractivity contribution in [2.75, 3.05) is 24.3 Å². The van der Waals surface area contributed by atoms with Crippen LogP contribution in [0.25, 0.3) is 0 Å². The van der Waals surface area contributed by atoms with Gasteiger partial charge < -0.3 is 9.05 Å². The molecular formula is C18H22NO4P. The van der Waals surface area contributed by atoms with Gasteiger partial charge in [0.1, 0.15) is 6.16 Å². The predicted molar refractivity (Wildman–Crippen MR) is 95.8 cm³/mol. The van der Waals surface area contributed by atoms with Crippen molar-refractivity contribution in [2.24, 2.45) is 0 Å². The molecule has 5 nitrogen and oxygen atoms in total. The second-order valence-corrected chi connectivity index (χ2v) is 7.06. The normalized spacial score (nSPS) is 11.2. The second-order valence-electron chi connectivity index (χ2n) is 5.00. The second kappa shape index (κ2) is 8.78. The lowest BCUT2D eigenvalue weighted by atomic mass is 10.2. The molecule has 0 aliphatic rings. The van der Waals surface area contributed by atoms with Crippen LogP contribution in [0.1, 0.15) is 13.8 Å². The van der Waals surface area contributed by atoms with E-state index in [1.807, 2.05) is 60.7 Å². The highest BCUT2D eigenvalue weighted by Crippen LogP contribution is 2.48. The van der Waals surface area contributed by atoms with Gasteiger partial charge in [-0.2, -0.15) is 0 Å². The van der Waals surface area contributed by atoms with Crippen LogP contribution >= 0.6 is 7.60 Å².